The number of nitrogens with zero attached hydrogens (tertiary/aromatic N) is 3. The summed E-state index contributed by atoms with van der Waals surface area (Å²) in [7, 11) is 0. The number of amides is 1. The van der Waals surface area contributed by atoms with Crippen molar-refractivity contribution in [3.8, 4) is 0 Å². The minimum Gasteiger partial charge on any atom is -0.379 e. The molecular weight excluding hydrogens is 369 g/mol. The van der Waals surface area contributed by atoms with Crippen molar-refractivity contribution in [3.63, 3.8) is 0 Å². The van der Waals surface area contributed by atoms with Crippen molar-refractivity contribution in [1.82, 2.24) is 9.91 Å². The lowest BCUT2D eigenvalue weighted by Crippen LogP contribution is -2.43. The van der Waals surface area contributed by atoms with E-state index in [1.54, 1.807) is 23.2 Å². The summed E-state index contributed by atoms with van der Waals surface area (Å²) in [6, 6.07) is 12.6. The Bertz CT molecular complexity index is 937. The zero-order valence-electron chi connectivity index (χ0n) is 16.9. The van der Waals surface area contributed by atoms with Crippen LogP contribution in [0, 0.1) is 19.7 Å². The second kappa shape index (κ2) is 8.43. The SMILES string of the molecule is Cc1ccc([C@@H]2CC(c3ccccc3F)=NN2C(=O)CN2CCOCC2)c(C)c1. The number of halogens is 1. The molecule has 2 heterocycles. The van der Waals surface area contributed by atoms with Gasteiger partial charge in [-0.3, -0.25) is 9.69 Å². The fourth-order valence-corrected chi connectivity index (χ4v) is 4.06. The quantitative estimate of drug-likeness (QED) is 0.797. The van der Waals surface area contributed by atoms with Crippen molar-refractivity contribution in [3.05, 3.63) is 70.5 Å². The highest BCUT2D eigenvalue weighted by molar-refractivity contribution is 6.03. The van der Waals surface area contributed by atoms with Crippen LogP contribution in [-0.4, -0.2) is 54.4 Å². The Hall–Kier alpha value is -2.57. The third kappa shape index (κ3) is 4.23. The molecule has 2 aliphatic heterocycles. The molecule has 29 heavy (non-hydrogen) atoms. The van der Waals surface area contributed by atoms with E-state index in [4.69, 9.17) is 4.74 Å². The van der Waals surface area contributed by atoms with Crippen molar-refractivity contribution < 1.29 is 13.9 Å². The first-order valence-electron chi connectivity index (χ1n) is 10.0. The van der Waals surface area contributed by atoms with E-state index in [9.17, 15) is 9.18 Å². The molecule has 2 aromatic carbocycles. The van der Waals surface area contributed by atoms with Gasteiger partial charge < -0.3 is 4.74 Å². The number of ether oxygens (including phenoxy) is 1. The van der Waals surface area contributed by atoms with Crippen LogP contribution < -0.4 is 0 Å². The van der Waals surface area contributed by atoms with Crippen molar-refractivity contribution >= 4 is 11.6 Å². The monoisotopic (exact) mass is 395 g/mol. The van der Waals surface area contributed by atoms with Crippen molar-refractivity contribution in [1.29, 1.82) is 0 Å². The van der Waals surface area contributed by atoms with Gasteiger partial charge in [-0.05, 0) is 31.0 Å². The van der Waals surface area contributed by atoms with Crippen molar-refractivity contribution in [2.75, 3.05) is 32.8 Å². The summed E-state index contributed by atoms with van der Waals surface area (Å²) in [5.74, 6) is -0.378. The first kappa shape index (κ1) is 19.7. The molecule has 152 valence electrons. The molecule has 6 heteroatoms. The topological polar surface area (TPSA) is 45.1 Å². The normalized spacial score (nSPS) is 20.0. The summed E-state index contributed by atoms with van der Waals surface area (Å²) < 4.78 is 19.8. The highest BCUT2D eigenvalue weighted by Gasteiger charge is 2.35. The molecule has 1 fully saturated rings. The molecule has 0 saturated carbocycles. The molecule has 0 N–H and O–H groups in total. The number of hydrogen-bond acceptors (Lipinski definition) is 4. The molecule has 1 amide bonds. The summed E-state index contributed by atoms with van der Waals surface area (Å²) in [6.07, 6.45) is 0.500. The average Bonchev–Trinajstić information content (AvgIpc) is 3.14. The Labute approximate surface area is 170 Å². The molecule has 0 spiro atoms. The highest BCUT2D eigenvalue weighted by atomic mass is 19.1. The number of carbonyl (C=O) groups excluding carboxylic acids is 1. The fraction of sp³-hybridized carbons (Fsp3) is 0.391. The van der Waals surface area contributed by atoms with Gasteiger partial charge in [0.2, 0.25) is 0 Å². The number of aryl methyl sites for hydroxylation is 2. The maximum absolute atomic E-state index is 14.4. The maximum Gasteiger partial charge on any atom is 0.257 e. The van der Waals surface area contributed by atoms with Crippen LogP contribution in [0.1, 0.15) is 34.7 Å². The Balaban J connectivity index is 1.65. The molecular formula is C23H26FN3O2. The molecule has 0 unspecified atom stereocenters. The summed E-state index contributed by atoms with van der Waals surface area (Å²) >= 11 is 0. The lowest BCUT2D eigenvalue weighted by atomic mass is 9.94. The van der Waals surface area contributed by atoms with E-state index < -0.39 is 0 Å². The highest BCUT2D eigenvalue weighted by Crippen LogP contribution is 2.35. The van der Waals surface area contributed by atoms with Gasteiger partial charge in [-0.2, -0.15) is 5.10 Å². The van der Waals surface area contributed by atoms with Gasteiger partial charge in [-0.1, -0.05) is 42.0 Å². The van der Waals surface area contributed by atoms with Gasteiger partial charge in [0.1, 0.15) is 5.82 Å². The van der Waals surface area contributed by atoms with Gasteiger partial charge in [0.05, 0.1) is 31.5 Å². The molecule has 0 bridgehead atoms. The molecule has 1 saturated heterocycles. The second-order valence-corrected chi connectivity index (χ2v) is 7.73. The summed E-state index contributed by atoms with van der Waals surface area (Å²) in [5, 5.41) is 6.17. The minimum atomic E-state index is -0.312. The third-order valence-electron chi connectivity index (χ3n) is 5.60. The Kier molecular flexibility index (Phi) is 5.74. The first-order valence-corrected chi connectivity index (χ1v) is 10.0. The number of hydrogen-bond donors (Lipinski definition) is 0. The number of carbonyl (C=O) groups is 1. The number of morpholine rings is 1. The van der Waals surface area contributed by atoms with E-state index in [1.165, 1.54) is 11.6 Å². The lowest BCUT2D eigenvalue weighted by molar-refractivity contribution is -0.135. The van der Waals surface area contributed by atoms with Crippen LogP contribution in [0.3, 0.4) is 0 Å². The third-order valence-corrected chi connectivity index (χ3v) is 5.60. The molecule has 1 atom stereocenters. The van der Waals surface area contributed by atoms with Crippen LogP contribution in [0.2, 0.25) is 0 Å². The number of benzene rings is 2. The largest absolute Gasteiger partial charge is 0.379 e. The van der Waals surface area contributed by atoms with Crippen molar-refractivity contribution in [2.24, 2.45) is 5.10 Å². The number of hydrazone groups is 1. The molecule has 0 radical (unpaired) electrons. The molecule has 0 aliphatic carbocycles. The second-order valence-electron chi connectivity index (χ2n) is 7.73. The zero-order chi connectivity index (χ0) is 20.4. The van der Waals surface area contributed by atoms with Crippen LogP contribution in [0.5, 0.6) is 0 Å². The van der Waals surface area contributed by atoms with E-state index in [-0.39, 0.29) is 17.8 Å². The van der Waals surface area contributed by atoms with Gasteiger partial charge in [0.15, 0.2) is 0 Å². The van der Waals surface area contributed by atoms with E-state index in [0.29, 0.717) is 37.5 Å². The lowest BCUT2D eigenvalue weighted by Gasteiger charge is -2.29. The molecule has 5 nitrogen and oxygen atoms in total. The molecule has 2 aromatic rings. The van der Waals surface area contributed by atoms with Gasteiger partial charge in [0, 0.05) is 25.1 Å². The van der Waals surface area contributed by atoms with Gasteiger partial charge in [-0.15, -0.1) is 0 Å². The summed E-state index contributed by atoms with van der Waals surface area (Å²) in [6.45, 7) is 7.13. The van der Waals surface area contributed by atoms with Gasteiger partial charge >= 0.3 is 0 Å². The molecule has 0 aromatic heterocycles. The molecule has 2 aliphatic rings. The summed E-state index contributed by atoms with van der Waals surface area (Å²) in [4.78, 5) is 15.3. The predicted octanol–water partition coefficient (Wildman–Crippen LogP) is 3.45. The molecule has 4 rings (SSSR count). The van der Waals surface area contributed by atoms with E-state index in [2.05, 4.69) is 22.1 Å². The average molecular weight is 395 g/mol. The zero-order valence-corrected chi connectivity index (χ0v) is 16.9. The van der Waals surface area contributed by atoms with Crippen molar-refractivity contribution in [2.45, 2.75) is 26.3 Å². The Morgan fingerprint density at radius 2 is 1.93 bits per heavy atom. The smallest absolute Gasteiger partial charge is 0.257 e. The van der Waals surface area contributed by atoms with Crippen LogP contribution in [0.4, 0.5) is 4.39 Å². The standard InChI is InChI=1S/C23H26FN3O2/c1-16-7-8-18(17(2)13-16)22-14-21(19-5-3-4-6-20(19)24)25-27(22)23(28)15-26-9-11-29-12-10-26/h3-8,13,22H,9-12,14-15H2,1-2H3/t22-/m0/s1. The van der Waals surface area contributed by atoms with Crippen LogP contribution in [0.25, 0.3) is 0 Å². The van der Waals surface area contributed by atoms with Gasteiger partial charge in [0.25, 0.3) is 5.91 Å². The maximum atomic E-state index is 14.4. The van der Waals surface area contributed by atoms with Crippen LogP contribution in [-0.2, 0) is 9.53 Å². The van der Waals surface area contributed by atoms with E-state index >= 15 is 0 Å². The van der Waals surface area contributed by atoms with Gasteiger partial charge in [-0.25, -0.2) is 9.40 Å². The first-order chi connectivity index (χ1) is 14.0. The predicted molar refractivity (Wildman–Crippen MR) is 110 cm³/mol. The van der Waals surface area contributed by atoms with E-state index in [0.717, 1.165) is 24.2 Å². The Morgan fingerprint density at radius 1 is 1.17 bits per heavy atom. The minimum absolute atomic E-state index is 0.0665. The fourth-order valence-electron chi connectivity index (χ4n) is 4.06. The van der Waals surface area contributed by atoms with Crippen LogP contribution in [0.15, 0.2) is 47.6 Å². The van der Waals surface area contributed by atoms with E-state index in [1.807, 2.05) is 19.9 Å². The Morgan fingerprint density at radius 3 is 2.66 bits per heavy atom. The summed E-state index contributed by atoms with van der Waals surface area (Å²) in [5.41, 5.74) is 4.42. The van der Waals surface area contributed by atoms with Crippen LogP contribution >= 0.6 is 0 Å². The number of rotatable bonds is 4.